The zero-order chi connectivity index (χ0) is 12.5. The summed E-state index contributed by atoms with van der Waals surface area (Å²) in [7, 11) is 0. The predicted molar refractivity (Wildman–Crippen MR) is 73.9 cm³/mol. The van der Waals surface area contributed by atoms with Crippen LogP contribution in [0.3, 0.4) is 0 Å². The van der Waals surface area contributed by atoms with Gasteiger partial charge in [0.15, 0.2) is 0 Å². The van der Waals surface area contributed by atoms with E-state index in [1.807, 2.05) is 24.3 Å². The van der Waals surface area contributed by atoms with Crippen molar-refractivity contribution in [3.05, 3.63) is 59.8 Å². The summed E-state index contributed by atoms with van der Waals surface area (Å²) in [5, 5.41) is 1.21. The number of H-pyrrole nitrogens is 1. The van der Waals surface area contributed by atoms with Crippen molar-refractivity contribution in [2.24, 2.45) is 0 Å². The first-order valence-corrected chi connectivity index (χ1v) is 5.91. The summed E-state index contributed by atoms with van der Waals surface area (Å²) in [6.07, 6.45) is 0.864. The largest absolute Gasteiger partial charge is 0.359 e. The Morgan fingerprint density at radius 1 is 0.944 bits per heavy atom. The standard InChI is InChI=1S/C16H13NO/c1-11-8-15-9-14(6-7-16(15)17-11)13-4-2-12(10-18)3-5-13/h2-10,17H,1H3. The van der Waals surface area contributed by atoms with E-state index in [9.17, 15) is 4.79 Å². The van der Waals surface area contributed by atoms with Crippen LogP contribution < -0.4 is 0 Å². The zero-order valence-electron chi connectivity index (χ0n) is 10.1. The second-order valence-corrected chi connectivity index (χ2v) is 4.49. The minimum absolute atomic E-state index is 0.706. The Kier molecular flexibility index (Phi) is 2.49. The zero-order valence-corrected chi connectivity index (χ0v) is 10.1. The van der Waals surface area contributed by atoms with Crippen molar-refractivity contribution < 1.29 is 4.79 Å². The molecule has 3 aromatic rings. The Morgan fingerprint density at radius 2 is 1.67 bits per heavy atom. The van der Waals surface area contributed by atoms with Crippen LogP contribution in [0.5, 0.6) is 0 Å². The number of fused-ring (bicyclic) bond motifs is 1. The molecule has 0 spiro atoms. The molecule has 1 aromatic heterocycles. The fraction of sp³-hybridized carbons (Fsp3) is 0.0625. The number of aldehydes is 1. The maximum Gasteiger partial charge on any atom is 0.150 e. The van der Waals surface area contributed by atoms with Crippen LogP contribution >= 0.6 is 0 Å². The van der Waals surface area contributed by atoms with Gasteiger partial charge in [0.25, 0.3) is 0 Å². The quantitative estimate of drug-likeness (QED) is 0.670. The molecule has 0 aliphatic heterocycles. The van der Waals surface area contributed by atoms with Gasteiger partial charge in [0.05, 0.1) is 0 Å². The van der Waals surface area contributed by atoms with Gasteiger partial charge in [-0.3, -0.25) is 4.79 Å². The molecule has 0 unspecified atom stereocenters. The average molecular weight is 235 g/mol. The average Bonchev–Trinajstić information content (AvgIpc) is 2.78. The summed E-state index contributed by atoms with van der Waals surface area (Å²) in [4.78, 5) is 13.9. The van der Waals surface area contributed by atoms with Crippen molar-refractivity contribution >= 4 is 17.2 Å². The first kappa shape index (κ1) is 10.8. The molecule has 0 radical (unpaired) electrons. The lowest BCUT2D eigenvalue weighted by Gasteiger charge is -2.02. The molecule has 0 bridgehead atoms. The maximum atomic E-state index is 10.6. The van der Waals surface area contributed by atoms with Gasteiger partial charge >= 0.3 is 0 Å². The monoisotopic (exact) mass is 235 g/mol. The van der Waals surface area contributed by atoms with Crippen LogP contribution in [-0.2, 0) is 0 Å². The molecule has 2 nitrogen and oxygen atoms in total. The molecular formula is C16H13NO. The Labute approximate surface area is 105 Å². The van der Waals surface area contributed by atoms with Gasteiger partial charge in [-0.05, 0) is 36.2 Å². The van der Waals surface area contributed by atoms with E-state index in [0.29, 0.717) is 5.56 Å². The number of rotatable bonds is 2. The predicted octanol–water partition coefficient (Wildman–Crippen LogP) is 3.96. The molecule has 3 rings (SSSR count). The second kappa shape index (κ2) is 4.15. The number of nitrogens with one attached hydrogen (secondary N) is 1. The van der Waals surface area contributed by atoms with Gasteiger partial charge in [-0.2, -0.15) is 0 Å². The van der Waals surface area contributed by atoms with Gasteiger partial charge in [0.1, 0.15) is 6.29 Å². The summed E-state index contributed by atoms with van der Waals surface area (Å²) < 4.78 is 0. The molecule has 0 amide bonds. The van der Waals surface area contributed by atoms with E-state index in [1.165, 1.54) is 16.6 Å². The first-order valence-electron chi connectivity index (χ1n) is 5.91. The molecule has 0 atom stereocenters. The van der Waals surface area contributed by atoms with Crippen LogP contribution in [-0.4, -0.2) is 11.3 Å². The van der Waals surface area contributed by atoms with Crippen molar-refractivity contribution in [1.29, 1.82) is 0 Å². The minimum Gasteiger partial charge on any atom is -0.359 e. The Balaban J connectivity index is 2.09. The van der Waals surface area contributed by atoms with E-state index in [-0.39, 0.29) is 0 Å². The maximum absolute atomic E-state index is 10.6. The third-order valence-corrected chi connectivity index (χ3v) is 3.14. The molecule has 2 heteroatoms. The third kappa shape index (κ3) is 1.82. The molecule has 88 valence electrons. The summed E-state index contributed by atoms with van der Waals surface area (Å²) in [6, 6.07) is 16.1. The highest BCUT2D eigenvalue weighted by Crippen LogP contribution is 2.24. The molecule has 1 N–H and O–H groups in total. The molecule has 0 saturated carbocycles. The molecular weight excluding hydrogens is 222 g/mol. The van der Waals surface area contributed by atoms with Crippen LogP contribution in [0.1, 0.15) is 16.1 Å². The second-order valence-electron chi connectivity index (χ2n) is 4.49. The summed E-state index contributed by atoms with van der Waals surface area (Å²) in [6.45, 7) is 2.05. The number of hydrogen-bond acceptors (Lipinski definition) is 1. The van der Waals surface area contributed by atoms with Crippen molar-refractivity contribution in [3.8, 4) is 11.1 Å². The molecule has 0 fully saturated rings. The molecule has 0 aliphatic carbocycles. The molecule has 1 heterocycles. The van der Waals surface area contributed by atoms with E-state index >= 15 is 0 Å². The smallest absolute Gasteiger partial charge is 0.150 e. The summed E-state index contributed by atoms with van der Waals surface area (Å²) in [5.74, 6) is 0. The van der Waals surface area contributed by atoms with Crippen LogP contribution in [0, 0.1) is 6.92 Å². The van der Waals surface area contributed by atoms with Crippen molar-refractivity contribution in [2.75, 3.05) is 0 Å². The van der Waals surface area contributed by atoms with Gasteiger partial charge in [-0.1, -0.05) is 30.3 Å². The van der Waals surface area contributed by atoms with E-state index in [4.69, 9.17) is 0 Å². The van der Waals surface area contributed by atoms with E-state index < -0.39 is 0 Å². The third-order valence-electron chi connectivity index (χ3n) is 3.14. The normalized spacial score (nSPS) is 10.7. The highest BCUT2D eigenvalue weighted by molar-refractivity contribution is 5.86. The number of aromatic nitrogens is 1. The molecule has 2 aromatic carbocycles. The van der Waals surface area contributed by atoms with Crippen LogP contribution in [0.2, 0.25) is 0 Å². The highest BCUT2D eigenvalue weighted by atomic mass is 16.1. The van der Waals surface area contributed by atoms with Gasteiger partial charge in [-0.25, -0.2) is 0 Å². The number of carbonyl (C=O) groups is 1. The highest BCUT2D eigenvalue weighted by Gasteiger charge is 2.02. The van der Waals surface area contributed by atoms with Crippen molar-refractivity contribution in [2.45, 2.75) is 6.92 Å². The fourth-order valence-corrected chi connectivity index (χ4v) is 2.21. The molecule has 0 aliphatic rings. The topological polar surface area (TPSA) is 32.9 Å². The molecule has 0 saturated heterocycles. The molecule has 18 heavy (non-hydrogen) atoms. The van der Waals surface area contributed by atoms with Crippen molar-refractivity contribution in [3.63, 3.8) is 0 Å². The van der Waals surface area contributed by atoms with Crippen LogP contribution in [0.15, 0.2) is 48.5 Å². The lowest BCUT2D eigenvalue weighted by Crippen LogP contribution is -1.81. The minimum atomic E-state index is 0.706. The summed E-state index contributed by atoms with van der Waals surface area (Å²) >= 11 is 0. The van der Waals surface area contributed by atoms with Crippen LogP contribution in [0.4, 0.5) is 0 Å². The first-order chi connectivity index (χ1) is 8.76. The van der Waals surface area contributed by atoms with E-state index in [1.54, 1.807) is 0 Å². The van der Waals surface area contributed by atoms with Gasteiger partial charge < -0.3 is 4.98 Å². The lowest BCUT2D eigenvalue weighted by molar-refractivity contribution is 0.112. The van der Waals surface area contributed by atoms with Crippen molar-refractivity contribution in [1.82, 2.24) is 4.98 Å². The van der Waals surface area contributed by atoms with Crippen LogP contribution in [0.25, 0.3) is 22.0 Å². The lowest BCUT2D eigenvalue weighted by atomic mass is 10.0. The summed E-state index contributed by atoms with van der Waals surface area (Å²) in [5.41, 5.74) is 5.32. The number of hydrogen-bond donors (Lipinski definition) is 1. The Morgan fingerprint density at radius 3 is 2.39 bits per heavy atom. The SMILES string of the molecule is Cc1cc2cc(-c3ccc(C=O)cc3)ccc2[nH]1. The fourth-order valence-electron chi connectivity index (χ4n) is 2.21. The van der Waals surface area contributed by atoms with Gasteiger partial charge in [0.2, 0.25) is 0 Å². The number of aromatic amines is 1. The number of benzene rings is 2. The van der Waals surface area contributed by atoms with Gasteiger partial charge in [-0.15, -0.1) is 0 Å². The van der Waals surface area contributed by atoms with E-state index in [0.717, 1.165) is 17.4 Å². The Hall–Kier alpha value is -2.35. The number of carbonyl (C=O) groups excluding carboxylic acids is 1. The Bertz CT molecular complexity index is 708. The number of aryl methyl sites for hydroxylation is 1. The van der Waals surface area contributed by atoms with Gasteiger partial charge in [0, 0.05) is 22.2 Å². The van der Waals surface area contributed by atoms with E-state index in [2.05, 4.69) is 36.2 Å².